The molecule has 0 spiro atoms. The van der Waals surface area contributed by atoms with Gasteiger partial charge in [-0.05, 0) is 75.1 Å². The Kier molecular flexibility index (Phi) is 7.28. The first-order chi connectivity index (χ1) is 17.6. The summed E-state index contributed by atoms with van der Waals surface area (Å²) in [6.45, 7) is 9.67. The zero-order chi connectivity index (χ0) is 26.9. The minimum atomic E-state index is -0.570. The van der Waals surface area contributed by atoms with Crippen LogP contribution in [0.25, 0.3) is 16.7 Å². The Labute approximate surface area is 213 Å². The molecule has 4 aromatic rings. The van der Waals surface area contributed by atoms with Crippen molar-refractivity contribution in [3.05, 3.63) is 73.9 Å². The average molecular weight is 505 g/mol. The van der Waals surface area contributed by atoms with Crippen LogP contribution < -0.4 is 21.9 Å². The third kappa shape index (κ3) is 5.18. The van der Waals surface area contributed by atoms with Gasteiger partial charge in [0.15, 0.2) is 0 Å². The molecular weight excluding hydrogens is 472 g/mol. The lowest BCUT2D eigenvalue weighted by Gasteiger charge is -2.13. The van der Waals surface area contributed by atoms with Crippen molar-refractivity contribution in [1.82, 2.24) is 24.1 Å². The molecule has 2 N–H and O–H groups in total. The van der Waals surface area contributed by atoms with Crippen LogP contribution in [0.15, 0.2) is 46.0 Å². The van der Waals surface area contributed by atoms with Crippen molar-refractivity contribution in [2.75, 3.05) is 5.32 Å². The quantitative estimate of drug-likeness (QED) is 0.382. The van der Waals surface area contributed by atoms with E-state index in [1.54, 1.807) is 12.1 Å². The van der Waals surface area contributed by atoms with Gasteiger partial charge >= 0.3 is 5.69 Å². The van der Waals surface area contributed by atoms with E-state index in [1.807, 2.05) is 52.8 Å². The van der Waals surface area contributed by atoms with Crippen molar-refractivity contribution < 1.29 is 9.59 Å². The van der Waals surface area contributed by atoms with E-state index in [0.717, 1.165) is 22.2 Å². The fourth-order valence-electron chi connectivity index (χ4n) is 4.38. The monoisotopic (exact) mass is 504 g/mol. The molecule has 0 aliphatic carbocycles. The highest BCUT2D eigenvalue weighted by Gasteiger charge is 2.20. The third-order valence-electron chi connectivity index (χ3n) is 6.28. The Morgan fingerprint density at radius 3 is 2.38 bits per heavy atom. The van der Waals surface area contributed by atoms with Gasteiger partial charge < -0.3 is 10.6 Å². The Morgan fingerprint density at radius 1 is 1.03 bits per heavy atom. The van der Waals surface area contributed by atoms with E-state index in [4.69, 9.17) is 0 Å². The molecule has 10 nitrogen and oxygen atoms in total. The minimum absolute atomic E-state index is 0.0260. The van der Waals surface area contributed by atoms with Gasteiger partial charge in [0, 0.05) is 23.8 Å². The van der Waals surface area contributed by atoms with E-state index < -0.39 is 11.6 Å². The summed E-state index contributed by atoms with van der Waals surface area (Å²) >= 11 is 0. The molecule has 2 amide bonds. The fraction of sp³-hybridized carbons (Fsp3) is 0.370. The van der Waals surface area contributed by atoms with Crippen molar-refractivity contribution in [2.45, 2.75) is 66.6 Å². The Hall–Kier alpha value is -4.21. The van der Waals surface area contributed by atoms with Crippen LogP contribution in [0, 0.1) is 13.8 Å². The minimum Gasteiger partial charge on any atom is -0.350 e. The molecular formula is C27H32N6O4. The standard InChI is InChI=1S/C27H32N6O4/c1-6-10-31-25(36)21-9-8-19(24(35)28-18(5)7-2)14-22(21)33-26(31)30-32(27(33)37)15-23(34)29-20-12-16(3)11-17(4)13-20/h8-9,11-14,18H,6-7,10,15H2,1-5H3,(H,28,35)(H,29,34). The van der Waals surface area contributed by atoms with Crippen LogP contribution in [0.2, 0.25) is 0 Å². The van der Waals surface area contributed by atoms with E-state index in [1.165, 1.54) is 15.0 Å². The number of anilines is 1. The number of carbonyl (C=O) groups is 2. The molecule has 0 aliphatic rings. The number of hydrogen-bond donors (Lipinski definition) is 2. The summed E-state index contributed by atoms with van der Waals surface area (Å²) in [7, 11) is 0. The lowest BCUT2D eigenvalue weighted by Crippen LogP contribution is -2.32. The summed E-state index contributed by atoms with van der Waals surface area (Å²) in [5.41, 5.74) is 2.36. The second kappa shape index (κ2) is 10.4. The van der Waals surface area contributed by atoms with Crippen molar-refractivity contribution in [1.29, 1.82) is 0 Å². The molecule has 0 aliphatic heterocycles. The summed E-state index contributed by atoms with van der Waals surface area (Å²) < 4.78 is 3.78. The molecule has 10 heteroatoms. The van der Waals surface area contributed by atoms with E-state index in [0.29, 0.717) is 29.6 Å². The van der Waals surface area contributed by atoms with Gasteiger partial charge in [0.1, 0.15) is 6.54 Å². The number of nitrogens with zero attached hydrogens (tertiary/aromatic N) is 4. The number of benzene rings is 2. The number of hydrogen-bond acceptors (Lipinski definition) is 5. The van der Waals surface area contributed by atoms with Gasteiger partial charge in [-0.15, -0.1) is 5.10 Å². The van der Waals surface area contributed by atoms with Crippen LogP contribution >= 0.6 is 0 Å². The van der Waals surface area contributed by atoms with Gasteiger partial charge in [-0.25, -0.2) is 13.9 Å². The average Bonchev–Trinajstić information content (AvgIpc) is 3.16. The van der Waals surface area contributed by atoms with Crippen LogP contribution in [0.3, 0.4) is 0 Å². The molecule has 0 bridgehead atoms. The van der Waals surface area contributed by atoms with Crippen LogP contribution in [0.1, 0.15) is 55.1 Å². The molecule has 2 aromatic heterocycles. The van der Waals surface area contributed by atoms with Crippen LogP contribution in [-0.2, 0) is 17.9 Å². The fourth-order valence-corrected chi connectivity index (χ4v) is 4.38. The SMILES string of the molecule is CCCn1c(=O)c2ccc(C(=O)NC(C)CC)cc2n2c(=O)n(CC(=O)Nc3cc(C)cc(C)c3)nc12. The first-order valence-corrected chi connectivity index (χ1v) is 12.5. The van der Waals surface area contributed by atoms with Crippen molar-refractivity contribution in [3.8, 4) is 0 Å². The van der Waals surface area contributed by atoms with Gasteiger partial charge in [-0.3, -0.25) is 19.0 Å². The summed E-state index contributed by atoms with van der Waals surface area (Å²) in [5.74, 6) is -0.587. The summed E-state index contributed by atoms with van der Waals surface area (Å²) in [4.78, 5) is 52.3. The first-order valence-electron chi connectivity index (χ1n) is 12.5. The molecule has 2 aromatic carbocycles. The smallest absolute Gasteiger partial charge is 0.350 e. The van der Waals surface area contributed by atoms with E-state index in [-0.39, 0.29) is 35.3 Å². The Bertz CT molecular complexity index is 1610. The third-order valence-corrected chi connectivity index (χ3v) is 6.28. The van der Waals surface area contributed by atoms with Gasteiger partial charge in [0.25, 0.3) is 11.5 Å². The lowest BCUT2D eigenvalue weighted by molar-refractivity contribution is -0.117. The van der Waals surface area contributed by atoms with Crippen LogP contribution in [0.4, 0.5) is 5.69 Å². The lowest BCUT2D eigenvalue weighted by atomic mass is 10.1. The van der Waals surface area contributed by atoms with Gasteiger partial charge in [0.2, 0.25) is 11.7 Å². The molecule has 0 radical (unpaired) electrons. The molecule has 1 atom stereocenters. The number of nitrogens with one attached hydrogen (secondary N) is 2. The molecule has 0 saturated carbocycles. The number of aromatic nitrogens is 4. The molecule has 0 saturated heterocycles. The summed E-state index contributed by atoms with van der Waals surface area (Å²) in [6, 6.07) is 10.3. The second-order valence-corrected chi connectivity index (χ2v) is 9.47. The van der Waals surface area contributed by atoms with Gasteiger partial charge in [-0.1, -0.05) is 19.9 Å². The van der Waals surface area contributed by atoms with Crippen molar-refractivity contribution >= 4 is 34.2 Å². The number of rotatable bonds is 8. The maximum Gasteiger partial charge on any atom is 0.352 e. The predicted molar refractivity (Wildman–Crippen MR) is 143 cm³/mol. The largest absolute Gasteiger partial charge is 0.352 e. The summed E-state index contributed by atoms with van der Waals surface area (Å²) in [6.07, 6.45) is 1.41. The maximum atomic E-state index is 13.5. The Balaban J connectivity index is 1.81. The maximum absolute atomic E-state index is 13.5. The molecule has 194 valence electrons. The van der Waals surface area contributed by atoms with Crippen molar-refractivity contribution in [3.63, 3.8) is 0 Å². The zero-order valence-corrected chi connectivity index (χ0v) is 21.8. The van der Waals surface area contributed by atoms with E-state index >= 15 is 0 Å². The van der Waals surface area contributed by atoms with Gasteiger partial charge in [-0.2, -0.15) is 0 Å². The Morgan fingerprint density at radius 2 is 1.73 bits per heavy atom. The first kappa shape index (κ1) is 25.9. The van der Waals surface area contributed by atoms with Crippen molar-refractivity contribution in [2.24, 2.45) is 0 Å². The topological polar surface area (TPSA) is 120 Å². The molecule has 0 fully saturated rings. The number of fused-ring (bicyclic) bond motifs is 3. The number of amides is 2. The molecule has 1 unspecified atom stereocenters. The normalized spacial score (nSPS) is 12.1. The predicted octanol–water partition coefficient (Wildman–Crippen LogP) is 3.00. The molecule has 37 heavy (non-hydrogen) atoms. The van der Waals surface area contributed by atoms with Gasteiger partial charge in [0.05, 0.1) is 10.9 Å². The molecule has 2 heterocycles. The highest BCUT2D eigenvalue weighted by atomic mass is 16.2. The highest BCUT2D eigenvalue weighted by molar-refractivity contribution is 5.98. The van der Waals surface area contributed by atoms with Crippen LogP contribution in [0.5, 0.6) is 0 Å². The second-order valence-electron chi connectivity index (χ2n) is 9.47. The number of carbonyl (C=O) groups excluding carboxylic acids is 2. The number of aryl methyl sites for hydroxylation is 3. The summed E-state index contributed by atoms with van der Waals surface area (Å²) in [5, 5.41) is 10.4. The zero-order valence-electron chi connectivity index (χ0n) is 21.8. The van der Waals surface area contributed by atoms with E-state index in [9.17, 15) is 19.2 Å². The van der Waals surface area contributed by atoms with Crippen LogP contribution in [-0.4, -0.2) is 36.6 Å². The highest BCUT2D eigenvalue weighted by Crippen LogP contribution is 2.16. The van der Waals surface area contributed by atoms with E-state index in [2.05, 4.69) is 15.7 Å². The molecule has 4 rings (SSSR count).